The molecule has 202 valence electrons. The number of carbonyl (C=O) groups is 1. The smallest absolute Gasteiger partial charge is 0.241 e. The molecule has 3 aromatic rings. The molecule has 0 radical (unpaired) electrons. The molecule has 1 amide bonds. The molecule has 1 saturated carbocycles. The van der Waals surface area contributed by atoms with Gasteiger partial charge in [-0.1, -0.05) is 6.07 Å². The number of imidazole rings is 1. The maximum absolute atomic E-state index is 11.8. The van der Waals surface area contributed by atoms with Gasteiger partial charge in [0.1, 0.15) is 17.7 Å². The number of pyridine rings is 1. The molecule has 0 bridgehead atoms. The molecule has 2 atom stereocenters. The van der Waals surface area contributed by atoms with Gasteiger partial charge in [-0.15, -0.1) is 0 Å². The Hall–Kier alpha value is -3.68. The quantitative estimate of drug-likeness (QED) is 0.500. The number of fused-ring (bicyclic) bond motifs is 1. The standard InChI is InChI=1S/C29H33N7O3/c1-18(21-11-27(37)31-14-21)39-29-28-25(32-17-36(28)22-3-4-22)12-24(33-29)19-2-5-26(20(10-19)13-30)35-8-6-34(7-9-35)23-15-38-16-23/h2,5,10,12,17-18,21-23H,3-4,6-9,11,14-16H2,1H3,(H,31,37). The first-order valence-corrected chi connectivity index (χ1v) is 14.0. The van der Waals surface area contributed by atoms with E-state index in [1.807, 2.05) is 37.5 Å². The fourth-order valence-corrected chi connectivity index (χ4v) is 5.94. The van der Waals surface area contributed by atoms with Crippen molar-refractivity contribution < 1.29 is 14.3 Å². The molecule has 1 N–H and O–H groups in total. The maximum atomic E-state index is 11.8. The summed E-state index contributed by atoms with van der Waals surface area (Å²) in [6, 6.07) is 11.4. The number of rotatable bonds is 7. The Morgan fingerprint density at radius 3 is 2.64 bits per heavy atom. The lowest BCUT2D eigenvalue weighted by molar-refractivity contribution is -0.119. The number of nitrogens with one attached hydrogen (secondary N) is 1. The SMILES string of the molecule is CC(Oc1nc(-c2ccc(N3CCN(C4COC4)CC3)c(C#N)c2)cc2ncn(C3CC3)c12)C1CNC(=O)C1. The molecule has 1 aromatic carbocycles. The number of piperazine rings is 1. The monoisotopic (exact) mass is 527 g/mol. The van der Waals surface area contributed by atoms with Gasteiger partial charge < -0.3 is 24.3 Å². The molecular weight excluding hydrogens is 494 g/mol. The first-order chi connectivity index (χ1) is 19.1. The summed E-state index contributed by atoms with van der Waals surface area (Å²) in [5.74, 6) is 0.697. The summed E-state index contributed by atoms with van der Waals surface area (Å²) in [6.45, 7) is 8.00. The lowest BCUT2D eigenvalue weighted by atomic mass is 10.0. The molecule has 2 aromatic heterocycles. The minimum absolute atomic E-state index is 0.0629. The van der Waals surface area contributed by atoms with E-state index in [-0.39, 0.29) is 17.9 Å². The second kappa shape index (κ2) is 9.81. The van der Waals surface area contributed by atoms with Crippen LogP contribution < -0.4 is 15.0 Å². The van der Waals surface area contributed by atoms with Crippen LogP contribution in [0.2, 0.25) is 0 Å². The summed E-state index contributed by atoms with van der Waals surface area (Å²) in [4.78, 5) is 26.3. The minimum Gasteiger partial charge on any atom is -0.473 e. The fourth-order valence-electron chi connectivity index (χ4n) is 5.94. The minimum atomic E-state index is -0.181. The lowest BCUT2D eigenvalue weighted by Gasteiger charge is -2.43. The number of nitrogens with zero attached hydrogens (tertiary/aromatic N) is 6. The van der Waals surface area contributed by atoms with E-state index in [0.29, 0.717) is 36.5 Å². The van der Waals surface area contributed by atoms with Gasteiger partial charge in [-0.25, -0.2) is 9.97 Å². The van der Waals surface area contributed by atoms with Crippen molar-refractivity contribution in [2.24, 2.45) is 5.92 Å². The van der Waals surface area contributed by atoms with Crippen LogP contribution in [-0.2, 0) is 9.53 Å². The van der Waals surface area contributed by atoms with Crippen molar-refractivity contribution in [3.8, 4) is 23.2 Å². The highest BCUT2D eigenvalue weighted by Crippen LogP contribution is 2.41. The number of benzene rings is 1. The number of aromatic nitrogens is 3. The Balaban J connectivity index is 1.19. The van der Waals surface area contributed by atoms with Crippen LogP contribution in [0.5, 0.6) is 5.88 Å². The third kappa shape index (κ3) is 4.60. The number of amides is 1. The normalized spacial score (nSPS) is 22.9. The predicted molar refractivity (Wildman–Crippen MR) is 146 cm³/mol. The number of hydrogen-bond donors (Lipinski definition) is 1. The molecule has 0 spiro atoms. The highest BCUT2D eigenvalue weighted by Gasteiger charge is 2.32. The van der Waals surface area contributed by atoms with Crippen LogP contribution in [0.4, 0.5) is 5.69 Å². The van der Waals surface area contributed by atoms with E-state index in [2.05, 4.69) is 25.8 Å². The number of nitriles is 1. The van der Waals surface area contributed by atoms with E-state index in [9.17, 15) is 10.1 Å². The summed E-state index contributed by atoms with van der Waals surface area (Å²) in [5.41, 5.74) is 4.92. The van der Waals surface area contributed by atoms with Gasteiger partial charge in [0.05, 0.1) is 48.0 Å². The maximum Gasteiger partial charge on any atom is 0.241 e. The zero-order valence-corrected chi connectivity index (χ0v) is 22.2. The molecular formula is C29H33N7O3. The summed E-state index contributed by atoms with van der Waals surface area (Å²) in [7, 11) is 0. The lowest BCUT2D eigenvalue weighted by Crippen LogP contribution is -2.56. The molecule has 10 heteroatoms. The van der Waals surface area contributed by atoms with Crippen LogP contribution in [0.3, 0.4) is 0 Å². The van der Waals surface area contributed by atoms with Gasteiger partial charge in [0.2, 0.25) is 11.8 Å². The predicted octanol–water partition coefficient (Wildman–Crippen LogP) is 2.73. The summed E-state index contributed by atoms with van der Waals surface area (Å²) in [5, 5.41) is 13.0. The van der Waals surface area contributed by atoms with Crippen LogP contribution in [0.25, 0.3) is 22.3 Å². The van der Waals surface area contributed by atoms with Crippen molar-refractivity contribution in [3.05, 3.63) is 36.2 Å². The van der Waals surface area contributed by atoms with Crippen LogP contribution in [0.1, 0.15) is 37.8 Å². The topological polar surface area (TPSA) is 109 Å². The molecule has 3 aliphatic heterocycles. The zero-order chi connectivity index (χ0) is 26.5. The van der Waals surface area contributed by atoms with Crippen molar-refractivity contribution in [1.82, 2.24) is 24.8 Å². The van der Waals surface area contributed by atoms with Gasteiger partial charge in [0.25, 0.3) is 0 Å². The summed E-state index contributed by atoms with van der Waals surface area (Å²) < 4.78 is 14.0. The molecule has 2 unspecified atom stereocenters. The number of carbonyl (C=O) groups excluding carboxylic acids is 1. The fraction of sp³-hybridized carbons (Fsp3) is 0.517. The van der Waals surface area contributed by atoms with Gasteiger partial charge >= 0.3 is 0 Å². The van der Waals surface area contributed by atoms with E-state index in [4.69, 9.17) is 19.4 Å². The third-order valence-electron chi connectivity index (χ3n) is 8.64. The second-order valence-electron chi connectivity index (χ2n) is 11.2. The van der Waals surface area contributed by atoms with Crippen LogP contribution in [0.15, 0.2) is 30.6 Å². The zero-order valence-electron chi connectivity index (χ0n) is 22.2. The number of ether oxygens (including phenoxy) is 2. The van der Waals surface area contributed by atoms with Crippen LogP contribution >= 0.6 is 0 Å². The molecule has 4 fully saturated rings. The first kappa shape index (κ1) is 24.4. The molecule has 5 heterocycles. The van der Waals surface area contributed by atoms with Crippen molar-refractivity contribution in [2.75, 3.05) is 50.8 Å². The summed E-state index contributed by atoms with van der Waals surface area (Å²) in [6.07, 6.45) is 4.41. The molecule has 4 aliphatic rings. The molecule has 1 aliphatic carbocycles. The van der Waals surface area contributed by atoms with Crippen molar-refractivity contribution in [2.45, 2.75) is 44.4 Å². The Morgan fingerprint density at radius 2 is 1.97 bits per heavy atom. The molecule has 39 heavy (non-hydrogen) atoms. The molecule has 7 rings (SSSR count). The molecule has 3 saturated heterocycles. The summed E-state index contributed by atoms with van der Waals surface area (Å²) >= 11 is 0. The highest BCUT2D eigenvalue weighted by molar-refractivity contribution is 5.85. The Labute approximate surface area is 227 Å². The Kier molecular flexibility index (Phi) is 6.13. The first-order valence-electron chi connectivity index (χ1n) is 14.0. The van der Waals surface area contributed by atoms with E-state index < -0.39 is 0 Å². The van der Waals surface area contributed by atoms with Gasteiger partial charge in [-0.3, -0.25) is 9.69 Å². The van der Waals surface area contributed by atoms with Gasteiger partial charge in [0, 0.05) is 56.7 Å². The highest BCUT2D eigenvalue weighted by atomic mass is 16.5. The van der Waals surface area contributed by atoms with E-state index in [1.54, 1.807) is 0 Å². The van der Waals surface area contributed by atoms with Crippen LogP contribution in [-0.4, -0.2) is 83.4 Å². The van der Waals surface area contributed by atoms with E-state index in [1.165, 1.54) is 0 Å². The van der Waals surface area contributed by atoms with Gasteiger partial charge in [-0.05, 0) is 38.0 Å². The number of anilines is 1. The largest absolute Gasteiger partial charge is 0.473 e. The van der Waals surface area contributed by atoms with Crippen molar-refractivity contribution >= 4 is 22.6 Å². The van der Waals surface area contributed by atoms with E-state index >= 15 is 0 Å². The Bertz CT molecular complexity index is 1450. The van der Waals surface area contributed by atoms with Crippen molar-refractivity contribution in [1.29, 1.82) is 5.26 Å². The van der Waals surface area contributed by atoms with Crippen LogP contribution in [0, 0.1) is 17.2 Å². The average Bonchev–Trinajstić information content (AvgIpc) is 3.52. The van der Waals surface area contributed by atoms with Gasteiger partial charge in [0.15, 0.2) is 0 Å². The number of hydrogen-bond acceptors (Lipinski definition) is 8. The van der Waals surface area contributed by atoms with Gasteiger partial charge in [-0.2, -0.15) is 5.26 Å². The Morgan fingerprint density at radius 1 is 1.15 bits per heavy atom. The molecule has 10 nitrogen and oxygen atoms in total. The van der Waals surface area contributed by atoms with E-state index in [0.717, 1.165) is 80.2 Å². The third-order valence-corrected chi connectivity index (χ3v) is 8.64. The second-order valence-corrected chi connectivity index (χ2v) is 11.2. The average molecular weight is 528 g/mol. The van der Waals surface area contributed by atoms with Crippen molar-refractivity contribution in [3.63, 3.8) is 0 Å².